The molecule has 1 aromatic rings. The summed E-state index contributed by atoms with van der Waals surface area (Å²) < 4.78 is 31.7. The molecule has 0 bridgehead atoms. The van der Waals surface area contributed by atoms with Crippen molar-refractivity contribution in [1.82, 2.24) is 14.3 Å². The molecule has 8 heteroatoms. The summed E-state index contributed by atoms with van der Waals surface area (Å²) in [6.45, 7) is 9.72. The Kier molecular flexibility index (Phi) is 5.60. The Morgan fingerprint density at radius 3 is 2.36 bits per heavy atom. The maximum Gasteiger partial charge on any atom is 0.216 e. The Labute approximate surface area is 150 Å². The van der Waals surface area contributed by atoms with Gasteiger partial charge in [0.25, 0.3) is 0 Å². The lowest BCUT2D eigenvalue weighted by Crippen LogP contribution is -2.41. The normalized spacial score (nSPS) is 21.0. The Morgan fingerprint density at radius 1 is 1.12 bits per heavy atom. The summed E-state index contributed by atoms with van der Waals surface area (Å²) in [4.78, 5) is 11.7. The molecule has 2 aliphatic heterocycles. The van der Waals surface area contributed by atoms with Gasteiger partial charge in [-0.05, 0) is 33.6 Å². The van der Waals surface area contributed by atoms with Crippen LogP contribution < -0.4 is 4.90 Å². The molecule has 0 spiro atoms. The van der Waals surface area contributed by atoms with E-state index < -0.39 is 10.0 Å². The van der Waals surface area contributed by atoms with Crippen molar-refractivity contribution in [3.05, 3.63) is 17.6 Å². The van der Waals surface area contributed by atoms with E-state index >= 15 is 0 Å². The van der Waals surface area contributed by atoms with Crippen LogP contribution in [0, 0.1) is 6.92 Å². The molecule has 2 saturated heterocycles. The van der Waals surface area contributed by atoms with Crippen LogP contribution in [0.15, 0.2) is 6.07 Å². The number of aromatic nitrogens is 2. The highest BCUT2D eigenvalue weighted by molar-refractivity contribution is 7.89. The Balaban J connectivity index is 1.72. The van der Waals surface area contributed by atoms with Gasteiger partial charge in [-0.1, -0.05) is 0 Å². The predicted octanol–water partition coefficient (Wildman–Crippen LogP) is 1.54. The number of sulfonamides is 1. The summed E-state index contributed by atoms with van der Waals surface area (Å²) in [6, 6.07) is 2.02. The zero-order chi connectivity index (χ0) is 18.0. The smallest absolute Gasteiger partial charge is 0.216 e. The van der Waals surface area contributed by atoms with Crippen LogP contribution in [-0.4, -0.2) is 67.3 Å². The summed E-state index contributed by atoms with van der Waals surface area (Å²) >= 11 is 0. The molecule has 0 amide bonds. The lowest BCUT2D eigenvalue weighted by molar-refractivity contribution is 0.122. The summed E-state index contributed by atoms with van der Waals surface area (Å²) in [7, 11) is -3.17. The SMILES string of the molecule is Cc1cc(N2CCOCC2)nc(C2CCN(S(=O)(=O)C(C)C)CC2)n1. The number of rotatable bonds is 4. The van der Waals surface area contributed by atoms with Gasteiger partial charge in [0.15, 0.2) is 0 Å². The molecule has 0 N–H and O–H groups in total. The topological polar surface area (TPSA) is 75.6 Å². The third-order valence-corrected chi connectivity index (χ3v) is 7.24. The minimum atomic E-state index is -3.17. The van der Waals surface area contributed by atoms with Crippen LogP contribution >= 0.6 is 0 Å². The Bertz CT molecular complexity index is 694. The van der Waals surface area contributed by atoms with Crippen molar-refractivity contribution >= 4 is 15.8 Å². The molecule has 0 aromatic carbocycles. The molecule has 0 saturated carbocycles. The van der Waals surface area contributed by atoms with Gasteiger partial charge in [-0.15, -0.1) is 0 Å². The standard InChI is InChI=1S/C17H28N4O3S/c1-13(2)25(22,23)21-6-4-15(5-7-21)17-18-14(3)12-16(19-17)20-8-10-24-11-9-20/h12-13,15H,4-11H2,1-3H3. The number of hydrogen-bond donors (Lipinski definition) is 0. The van der Waals surface area contributed by atoms with Crippen LogP contribution in [0.4, 0.5) is 5.82 Å². The lowest BCUT2D eigenvalue weighted by atomic mass is 9.97. The van der Waals surface area contributed by atoms with Crippen molar-refractivity contribution in [2.75, 3.05) is 44.3 Å². The van der Waals surface area contributed by atoms with Crippen LogP contribution in [0.3, 0.4) is 0 Å². The highest BCUT2D eigenvalue weighted by Crippen LogP contribution is 2.29. The summed E-state index contributed by atoms with van der Waals surface area (Å²) in [5, 5.41) is -0.368. The molecule has 3 heterocycles. The largest absolute Gasteiger partial charge is 0.378 e. The van der Waals surface area contributed by atoms with E-state index in [2.05, 4.69) is 9.88 Å². The molecule has 2 aliphatic rings. The van der Waals surface area contributed by atoms with E-state index in [1.54, 1.807) is 18.2 Å². The molecular formula is C17H28N4O3S. The molecule has 0 unspecified atom stereocenters. The number of piperidine rings is 1. The minimum Gasteiger partial charge on any atom is -0.378 e. The van der Waals surface area contributed by atoms with Crippen LogP contribution in [0.1, 0.15) is 44.1 Å². The van der Waals surface area contributed by atoms with E-state index in [1.165, 1.54) is 0 Å². The number of hydrogen-bond acceptors (Lipinski definition) is 6. The van der Waals surface area contributed by atoms with Crippen LogP contribution in [0.25, 0.3) is 0 Å². The third-order valence-electron chi connectivity index (χ3n) is 4.97. The van der Waals surface area contributed by atoms with Gasteiger partial charge in [0.05, 0.1) is 18.5 Å². The van der Waals surface area contributed by atoms with Gasteiger partial charge in [-0.25, -0.2) is 22.7 Å². The summed E-state index contributed by atoms with van der Waals surface area (Å²) in [5.41, 5.74) is 0.962. The summed E-state index contributed by atoms with van der Waals surface area (Å²) in [5.74, 6) is 2.03. The number of morpholine rings is 1. The first kappa shape index (κ1) is 18.5. The quantitative estimate of drug-likeness (QED) is 0.802. The van der Waals surface area contributed by atoms with Crippen LogP contribution in [-0.2, 0) is 14.8 Å². The second kappa shape index (κ2) is 7.55. The van der Waals surface area contributed by atoms with E-state index in [4.69, 9.17) is 9.72 Å². The summed E-state index contributed by atoms with van der Waals surface area (Å²) in [6.07, 6.45) is 1.55. The van der Waals surface area contributed by atoms with Crippen molar-refractivity contribution in [1.29, 1.82) is 0 Å². The molecule has 0 aliphatic carbocycles. The van der Waals surface area contributed by atoms with Crippen molar-refractivity contribution in [2.45, 2.75) is 44.8 Å². The van der Waals surface area contributed by atoms with Gasteiger partial charge in [0.2, 0.25) is 10.0 Å². The maximum atomic E-state index is 12.3. The van der Waals surface area contributed by atoms with Gasteiger partial charge in [-0.2, -0.15) is 0 Å². The first-order valence-electron chi connectivity index (χ1n) is 9.05. The molecule has 7 nitrogen and oxygen atoms in total. The molecule has 0 radical (unpaired) electrons. The fraction of sp³-hybridized carbons (Fsp3) is 0.765. The highest BCUT2D eigenvalue weighted by atomic mass is 32.2. The average molecular weight is 369 g/mol. The molecule has 140 valence electrons. The fourth-order valence-electron chi connectivity index (χ4n) is 3.38. The first-order chi connectivity index (χ1) is 11.9. The fourth-order valence-corrected chi connectivity index (χ4v) is 4.69. The van der Waals surface area contributed by atoms with E-state index in [-0.39, 0.29) is 11.2 Å². The molecule has 2 fully saturated rings. The minimum absolute atomic E-state index is 0.221. The third kappa shape index (κ3) is 4.12. The number of anilines is 1. The van der Waals surface area contributed by atoms with Crippen LogP contribution in [0.5, 0.6) is 0 Å². The zero-order valence-corrected chi connectivity index (χ0v) is 16.1. The zero-order valence-electron chi connectivity index (χ0n) is 15.3. The second-order valence-corrected chi connectivity index (χ2v) is 9.58. The highest BCUT2D eigenvalue weighted by Gasteiger charge is 2.32. The molecule has 1 aromatic heterocycles. The molecular weight excluding hydrogens is 340 g/mol. The van der Waals surface area contributed by atoms with E-state index in [0.29, 0.717) is 13.1 Å². The number of ether oxygens (including phenoxy) is 1. The van der Waals surface area contributed by atoms with Crippen molar-refractivity contribution in [3.8, 4) is 0 Å². The predicted molar refractivity (Wildman–Crippen MR) is 97.4 cm³/mol. The van der Waals surface area contributed by atoms with Gasteiger partial charge < -0.3 is 9.64 Å². The first-order valence-corrected chi connectivity index (χ1v) is 10.6. The van der Waals surface area contributed by atoms with Crippen molar-refractivity contribution in [2.24, 2.45) is 0 Å². The van der Waals surface area contributed by atoms with Gasteiger partial charge in [0.1, 0.15) is 11.6 Å². The van der Waals surface area contributed by atoms with E-state index in [1.807, 2.05) is 13.0 Å². The average Bonchev–Trinajstić information content (AvgIpc) is 2.62. The van der Waals surface area contributed by atoms with E-state index in [0.717, 1.165) is 56.5 Å². The molecule has 3 rings (SSSR count). The number of nitrogens with zero attached hydrogens (tertiary/aromatic N) is 4. The Morgan fingerprint density at radius 2 is 1.76 bits per heavy atom. The van der Waals surface area contributed by atoms with Crippen molar-refractivity contribution < 1.29 is 13.2 Å². The second-order valence-electron chi connectivity index (χ2n) is 7.09. The van der Waals surface area contributed by atoms with Crippen molar-refractivity contribution in [3.63, 3.8) is 0 Å². The number of aryl methyl sites for hydroxylation is 1. The molecule has 0 atom stereocenters. The maximum absolute atomic E-state index is 12.3. The lowest BCUT2D eigenvalue weighted by Gasteiger charge is -2.32. The van der Waals surface area contributed by atoms with Crippen LogP contribution in [0.2, 0.25) is 0 Å². The molecule has 25 heavy (non-hydrogen) atoms. The van der Waals surface area contributed by atoms with Gasteiger partial charge in [-0.3, -0.25) is 0 Å². The van der Waals surface area contributed by atoms with Gasteiger partial charge >= 0.3 is 0 Å². The Hall–Kier alpha value is -1.25. The van der Waals surface area contributed by atoms with Gasteiger partial charge in [0, 0.05) is 43.9 Å². The monoisotopic (exact) mass is 368 g/mol. The van der Waals surface area contributed by atoms with E-state index in [9.17, 15) is 8.42 Å².